The second-order valence-corrected chi connectivity index (χ2v) is 5.22. The highest BCUT2D eigenvalue weighted by Gasteiger charge is 2.21. The van der Waals surface area contributed by atoms with E-state index in [0.29, 0.717) is 10.6 Å². The smallest absolute Gasteiger partial charge is 0.261 e. The van der Waals surface area contributed by atoms with E-state index in [1.54, 1.807) is 0 Å². The molecule has 0 aromatic carbocycles. The Hall–Kier alpha value is -1.78. The fraction of sp³-hybridized carbons (Fsp3) is 0.455. The molecule has 1 rings (SSSR count). The maximum Gasteiger partial charge on any atom is 0.261 e. The number of thiophene rings is 1. The number of hydrogen-bond acceptors (Lipinski definition) is 6. The highest BCUT2D eigenvalue weighted by Crippen LogP contribution is 2.36. The van der Waals surface area contributed by atoms with Gasteiger partial charge in [-0.25, -0.2) is 0 Å². The zero-order valence-electron chi connectivity index (χ0n) is 10.7. The normalized spacial score (nSPS) is 10.4. The Morgan fingerprint density at radius 3 is 2.44 bits per heavy atom. The number of primary amides is 1. The summed E-state index contributed by atoms with van der Waals surface area (Å²) in [7, 11) is 5.80. The predicted octanol–water partition coefficient (Wildman–Crippen LogP) is 0.299. The van der Waals surface area contributed by atoms with E-state index in [1.807, 2.05) is 37.0 Å². The molecule has 0 aliphatic rings. The summed E-state index contributed by atoms with van der Waals surface area (Å²) in [6.45, 7) is 1.57. The van der Waals surface area contributed by atoms with Crippen molar-refractivity contribution in [1.29, 1.82) is 5.26 Å². The van der Waals surface area contributed by atoms with E-state index in [-0.39, 0.29) is 10.6 Å². The van der Waals surface area contributed by atoms with Crippen molar-refractivity contribution in [3.05, 3.63) is 10.4 Å². The number of rotatable bonds is 5. The van der Waals surface area contributed by atoms with Crippen molar-refractivity contribution < 1.29 is 4.79 Å². The lowest BCUT2D eigenvalue weighted by atomic mass is 10.2. The minimum absolute atomic E-state index is 0.182. The van der Waals surface area contributed by atoms with E-state index >= 15 is 0 Å². The van der Waals surface area contributed by atoms with Crippen molar-refractivity contribution in [1.82, 2.24) is 4.90 Å². The van der Waals surface area contributed by atoms with E-state index in [2.05, 4.69) is 0 Å². The zero-order chi connectivity index (χ0) is 13.9. The Morgan fingerprint density at radius 2 is 2.00 bits per heavy atom. The van der Waals surface area contributed by atoms with E-state index in [1.165, 1.54) is 0 Å². The van der Waals surface area contributed by atoms with Crippen molar-refractivity contribution in [2.24, 2.45) is 5.73 Å². The molecule has 1 aromatic rings. The number of nitriles is 1. The van der Waals surface area contributed by atoms with Gasteiger partial charge in [0, 0.05) is 20.1 Å². The molecule has 7 heteroatoms. The van der Waals surface area contributed by atoms with E-state index < -0.39 is 5.91 Å². The number of nitrogens with zero attached hydrogens (tertiary/aromatic N) is 3. The van der Waals surface area contributed by atoms with Gasteiger partial charge in [-0.2, -0.15) is 5.26 Å². The molecule has 0 saturated carbocycles. The van der Waals surface area contributed by atoms with Gasteiger partial charge in [0.15, 0.2) is 0 Å². The molecule has 0 spiro atoms. The zero-order valence-corrected chi connectivity index (χ0v) is 11.5. The monoisotopic (exact) mass is 267 g/mol. The van der Waals surface area contributed by atoms with Crippen LogP contribution in [0.5, 0.6) is 0 Å². The first-order chi connectivity index (χ1) is 8.38. The molecule has 0 aliphatic carbocycles. The third kappa shape index (κ3) is 2.91. The fourth-order valence-electron chi connectivity index (χ4n) is 1.44. The number of likely N-dealkylation sites (N-methyl/N-ethyl adjacent to an activating group) is 2. The van der Waals surface area contributed by atoms with Gasteiger partial charge in [0.1, 0.15) is 21.5 Å². The van der Waals surface area contributed by atoms with Gasteiger partial charge in [-0.3, -0.25) is 4.79 Å². The van der Waals surface area contributed by atoms with Crippen molar-refractivity contribution in [3.63, 3.8) is 0 Å². The Bertz CT molecular complexity index is 488. The Morgan fingerprint density at radius 1 is 1.39 bits per heavy atom. The summed E-state index contributed by atoms with van der Waals surface area (Å²) in [6, 6.07) is 2.03. The predicted molar refractivity (Wildman–Crippen MR) is 73.8 cm³/mol. The molecule has 0 aliphatic heterocycles. The van der Waals surface area contributed by atoms with Gasteiger partial charge in [-0.15, -0.1) is 11.3 Å². The third-order valence-corrected chi connectivity index (χ3v) is 3.83. The maximum atomic E-state index is 11.2. The molecule has 4 N–H and O–H groups in total. The average molecular weight is 267 g/mol. The summed E-state index contributed by atoms with van der Waals surface area (Å²) in [5, 5.41) is 9.79. The molecule has 0 fully saturated rings. The lowest BCUT2D eigenvalue weighted by molar-refractivity contribution is 0.100. The molecule has 1 amide bonds. The van der Waals surface area contributed by atoms with E-state index in [4.69, 9.17) is 16.7 Å². The molecule has 1 heterocycles. The van der Waals surface area contributed by atoms with Crippen LogP contribution in [0.3, 0.4) is 0 Å². The van der Waals surface area contributed by atoms with Gasteiger partial charge in [-0.1, -0.05) is 0 Å². The van der Waals surface area contributed by atoms with Crippen LogP contribution < -0.4 is 16.4 Å². The largest absolute Gasteiger partial charge is 0.396 e. The van der Waals surface area contributed by atoms with Crippen LogP contribution in [0, 0.1) is 11.3 Å². The third-order valence-electron chi connectivity index (χ3n) is 2.49. The van der Waals surface area contributed by atoms with Crippen LogP contribution in [0.25, 0.3) is 0 Å². The molecular weight excluding hydrogens is 250 g/mol. The molecular formula is C11H17N5OS. The van der Waals surface area contributed by atoms with Crippen LogP contribution in [-0.4, -0.2) is 45.0 Å². The molecule has 18 heavy (non-hydrogen) atoms. The first-order valence-electron chi connectivity index (χ1n) is 5.36. The van der Waals surface area contributed by atoms with E-state index in [0.717, 1.165) is 24.4 Å². The van der Waals surface area contributed by atoms with Crippen LogP contribution in [-0.2, 0) is 0 Å². The standard InChI is InChI=1S/C11H17N5OS/c1-15(2)4-5-16(3)11-7(6-12)8(13)9(18-11)10(14)17/h4-5,13H2,1-3H3,(H2,14,17). The van der Waals surface area contributed by atoms with Gasteiger partial charge < -0.3 is 21.3 Å². The second kappa shape index (κ2) is 5.71. The number of amides is 1. The molecule has 1 aromatic heterocycles. The molecule has 0 radical (unpaired) electrons. The average Bonchev–Trinajstić information content (AvgIpc) is 2.63. The summed E-state index contributed by atoms with van der Waals surface area (Å²) in [6.07, 6.45) is 0. The first-order valence-corrected chi connectivity index (χ1v) is 6.18. The summed E-state index contributed by atoms with van der Waals surface area (Å²) in [4.78, 5) is 15.4. The van der Waals surface area contributed by atoms with Gasteiger partial charge in [0.2, 0.25) is 0 Å². The molecule has 98 valence electrons. The van der Waals surface area contributed by atoms with Crippen molar-refractivity contribution in [2.45, 2.75) is 0 Å². The number of nitrogen functional groups attached to an aromatic ring is 1. The summed E-state index contributed by atoms with van der Waals surface area (Å²) in [5.74, 6) is -0.596. The molecule has 0 unspecified atom stereocenters. The Balaban J connectivity index is 3.05. The Kier molecular flexibility index (Phi) is 4.53. The number of carbonyl (C=O) groups excluding carboxylic acids is 1. The topological polar surface area (TPSA) is 99.4 Å². The van der Waals surface area contributed by atoms with Crippen molar-refractivity contribution >= 4 is 27.9 Å². The number of anilines is 2. The summed E-state index contributed by atoms with van der Waals surface area (Å²) >= 11 is 1.16. The number of nitrogens with two attached hydrogens (primary N) is 2. The quantitative estimate of drug-likeness (QED) is 0.799. The lowest BCUT2D eigenvalue weighted by Gasteiger charge is -2.20. The number of carbonyl (C=O) groups is 1. The van der Waals surface area contributed by atoms with Gasteiger partial charge in [0.25, 0.3) is 5.91 Å². The van der Waals surface area contributed by atoms with Crippen LogP contribution >= 0.6 is 11.3 Å². The summed E-state index contributed by atoms with van der Waals surface area (Å²) < 4.78 is 0. The Labute approximate surface area is 110 Å². The molecule has 0 saturated heterocycles. The van der Waals surface area contributed by atoms with Crippen molar-refractivity contribution in [2.75, 3.05) is 44.9 Å². The van der Waals surface area contributed by atoms with Gasteiger partial charge >= 0.3 is 0 Å². The van der Waals surface area contributed by atoms with Gasteiger partial charge in [-0.05, 0) is 14.1 Å². The highest BCUT2D eigenvalue weighted by molar-refractivity contribution is 7.19. The van der Waals surface area contributed by atoms with Crippen LogP contribution in [0.15, 0.2) is 0 Å². The van der Waals surface area contributed by atoms with Gasteiger partial charge in [0.05, 0.1) is 5.69 Å². The molecule has 6 nitrogen and oxygen atoms in total. The van der Waals surface area contributed by atoms with Crippen LogP contribution in [0.1, 0.15) is 15.2 Å². The maximum absolute atomic E-state index is 11.2. The first kappa shape index (κ1) is 14.3. The fourth-order valence-corrected chi connectivity index (χ4v) is 2.45. The summed E-state index contributed by atoms with van der Waals surface area (Å²) in [5.41, 5.74) is 11.5. The minimum atomic E-state index is -0.596. The SMILES string of the molecule is CN(C)CCN(C)c1sc(C(N)=O)c(N)c1C#N. The minimum Gasteiger partial charge on any atom is -0.396 e. The van der Waals surface area contributed by atoms with Crippen LogP contribution in [0.4, 0.5) is 10.7 Å². The lowest BCUT2D eigenvalue weighted by Crippen LogP contribution is -2.28. The second-order valence-electron chi connectivity index (χ2n) is 4.23. The highest BCUT2D eigenvalue weighted by atomic mass is 32.1. The van der Waals surface area contributed by atoms with Crippen molar-refractivity contribution in [3.8, 4) is 6.07 Å². The molecule has 0 bridgehead atoms. The molecule has 0 atom stereocenters. The van der Waals surface area contributed by atoms with E-state index in [9.17, 15) is 4.79 Å². The number of hydrogen-bond donors (Lipinski definition) is 2. The van der Waals surface area contributed by atoms with Crippen LogP contribution in [0.2, 0.25) is 0 Å².